The normalized spacial score (nSPS) is 13.9. The molecule has 2 aromatic rings. The van der Waals surface area contributed by atoms with Crippen molar-refractivity contribution in [3.05, 3.63) is 64.4 Å². The van der Waals surface area contributed by atoms with Gasteiger partial charge in [0.2, 0.25) is 0 Å². The maximum absolute atomic E-state index is 13.3. The highest BCUT2D eigenvalue weighted by Gasteiger charge is 2.25. The van der Waals surface area contributed by atoms with Gasteiger partial charge in [0.25, 0.3) is 0 Å². The SMILES string of the molecule is COc1cc(C(C)(N)c2cccc(F)c2)ccc1Cl. The molecule has 1 unspecified atom stereocenters. The lowest BCUT2D eigenvalue weighted by atomic mass is 9.85. The molecule has 0 saturated carbocycles. The first-order valence-corrected chi connectivity index (χ1v) is 6.22. The molecule has 0 amide bonds. The van der Waals surface area contributed by atoms with E-state index in [1.165, 1.54) is 12.1 Å². The molecule has 2 rings (SSSR count). The van der Waals surface area contributed by atoms with Crippen molar-refractivity contribution >= 4 is 11.6 Å². The van der Waals surface area contributed by atoms with E-state index in [1.54, 1.807) is 31.4 Å². The first-order valence-electron chi connectivity index (χ1n) is 5.84. The molecule has 0 saturated heterocycles. The lowest BCUT2D eigenvalue weighted by Gasteiger charge is -2.26. The molecular weight excluding hydrogens is 265 g/mol. The van der Waals surface area contributed by atoms with Gasteiger partial charge in [-0.25, -0.2) is 4.39 Å². The van der Waals surface area contributed by atoms with E-state index in [1.807, 2.05) is 13.0 Å². The zero-order valence-electron chi connectivity index (χ0n) is 10.8. The second-order valence-corrected chi connectivity index (χ2v) is 4.97. The zero-order valence-corrected chi connectivity index (χ0v) is 11.5. The van der Waals surface area contributed by atoms with Crippen LogP contribution in [-0.2, 0) is 5.54 Å². The molecule has 0 bridgehead atoms. The van der Waals surface area contributed by atoms with Crippen molar-refractivity contribution in [2.45, 2.75) is 12.5 Å². The van der Waals surface area contributed by atoms with Crippen LogP contribution in [0, 0.1) is 5.82 Å². The van der Waals surface area contributed by atoms with Crippen LogP contribution in [0.5, 0.6) is 5.75 Å². The summed E-state index contributed by atoms with van der Waals surface area (Å²) in [6.07, 6.45) is 0. The van der Waals surface area contributed by atoms with E-state index in [-0.39, 0.29) is 5.82 Å². The molecule has 0 radical (unpaired) electrons. The van der Waals surface area contributed by atoms with Crippen molar-refractivity contribution in [1.29, 1.82) is 0 Å². The predicted octanol–water partition coefficient (Wildman–Crippen LogP) is 3.71. The van der Waals surface area contributed by atoms with E-state index in [9.17, 15) is 4.39 Å². The molecule has 19 heavy (non-hydrogen) atoms. The fourth-order valence-corrected chi connectivity index (χ4v) is 2.16. The number of ether oxygens (including phenoxy) is 1. The Hall–Kier alpha value is -1.58. The summed E-state index contributed by atoms with van der Waals surface area (Å²) in [6.45, 7) is 1.82. The standard InChI is InChI=1S/C15H15ClFNO/c1-15(18,10-4-3-5-12(17)8-10)11-6-7-13(16)14(9-11)19-2/h3-9H,18H2,1-2H3. The van der Waals surface area contributed by atoms with Gasteiger partial charge in [-0.05, 0) is 42.3 Å². The van der Waals surface area contributed by atoms with E-state index < -0.39 is 5.54 Å². The van der Waals surface area contributed by atoms with E-state index in [4.69, 9.17) is 22.1 Å². The molecule has 2 nitrogen and oxygen atoms in total. The van der Waals surface area contributed by atoms with E-state index in [0.29, 0.717) is 16.3 Å². The Morgan fingerprint density at radius 2 is 1.84 bits per heavy atom. The summed E-state index contributed by atoms with van der Waals surface area (Å²) in [4.78, 5) is 0. The van der Waals surface area contributed by atoms with Gasteiger partial charge in [0.15, 0.2) is 0 Å². The van der Waals surface area contributed by atoms with Gasteiger partial charge in [0, 0.05) is 0 Å². The summed E-state index contributed by atoms with van der Waals surface area (Å²) in [5.41, 5.74) is 7.01. The monoisotopic (exact) mass is 279 g/mol. The number of methoxy groups -OCH3 is 1. The third kappa shape index (κ3) is 2.72. The number of nitrogens with two attached hydrogens (primary N) is 1. The molecule has 1 atom stereocenters. The minimum atomic E-state index is -0.819. The summed E-state index contributed by atoms with van der Waals surface area (Å²) in [7, 11) is 1.54. The average molecular weight is 280 g/mol. The number of benzene rings is 2. The van der Waals surface area contributed by atoms with Crippen LogP contribution in [0.2, 0.25) is 5.02 Å². The van der Waals surface area contributed by atoms with Gasteiger partial charge >= 0.3 is 0 Å². The van der Waals surface area contributed by atoms with Crippen LogP contribution >= 0.6 is 11.6 Å². The minimum Gasteiger partial charge on any atom is -0.495 e. The van der Waals surface area contributed by atoms with E-state index in [0.717, 1.165) is 5.56 Å². The van der Waals surface area contributed by atoms with Crippen molar-refractivity contribution in [1.82, 2.24) is 0 Å². The van der Waals surface area contributed by atoms with Gasteiger partial charge in [-0.15, -0.1) is 0 Å². The van der Waals surface area contributed by atoms with Crippen molar-refractivity contribution in [2.24, 2.45) is 5.73 Å². The third-order valence-electron chi connectivity index (χ3n) is 3.18. The molecule has 0 fully saturated rings. The van der Waals surface area contributed by atoms with Gasteiger partial charge in [0.05, 0.1) is 17.7 Å². The zero-order chi connectivity index (χ0) is 14.0. The number of hydrogen-bond acceptors (Lipinski definition) is 2. The molecule has 0 aromatic heterocycles. The predicted molar refractivity (Wildman–Crippen MR) is 75.0 cm³/mol. The molecule has 0 aliphatic rings. The van der Waals surface area contributed by atoms with Crippen LogP contribution < -0.4 is 10.5 Å². The maximum Gasteiger partial charge on any atom is 0.137 e. The third-order valence-corrected chi connectivity index (χ3v) is 3.49. The Morgan fingerprint density at radius 1 is 1.16 bits per heavy atom. The summed E-state index contributed by atoms with van der Waals surface area (Å²) in [5.74, 6) is 0.238. The number of halogens is 2. The molecule has 0 spiro atoms. The quantitative estimate of drug-likeness (QED) is 0.929. The first-order chi connectivity index (χ1) is 8.95. The number of rotatable bonds is 3. The molecule has 0 heterocycles. The number of hydrogen-bond donors (Lipinski definition) is 1. The largest absolute Gasteiger partial charge is 0.495 e. The molecule has 2 N–H and O–H groups in total. The molecule has 0 aliphatic carbocycles. The van der Waals surface area contributed by atoms with Crippen molar-refractivity contribution in [2.75, 3.05) is 7.11 Å². The Balaban J connectivity index is 2.49. The lowest BCUT2D eigenvalue weighted by molar-refractivity contribution is 0.413. The topological polar surface area (TPSA) is 35.2 Å². The van der Waals surface area contributed by atoms with Gasteiger partial charge in [-0.2, -0.15) is 0 Å². The highest BCUT2D eigenvalue weighted by molar-refractivity contribution is 6.32. The smallest absolute Gasteiger partial charge is 0.137 e. The van der Waals surface area contributed by atoms with Crippen LogP contribution in [-0.4, -0.2) is 7.11 Å². The van der Waals surface area contributed by atoms with E-state index in [2.05, 4.69) is 0 Å². The summed E-state index contributed by atoms with van der Waals surface area (Å²) in [6, 6.07) is 11.6. The summed E-state index contributed by atoms with van der Waals surface area (Å²) >= 11 is 5.99. The van der Waals surface area contributed by atoms with Gasteiger partial charge in [-0.3, -0.25) is 0 Å². The van der Waals surface area contributed by atoms with Crippen LogP contribution in [0.3, 0.4) is 0 Å². The Bertz CT molecular complexity index is 598. The fraction of sp³-hybridized carbons (Fsp3) is 0.200. The van der Waals surface area contributed by atoms with Crippen molar-refractivity contribution in [3.63, 3.8) is 0 Å². The van der Waals surface area contributed by atoms with Gasteiger partial charge in [-0.1, -0.05) is 29.8 Å². The van der Waals surface area contributed by atoms with Crippen LogP contribution in [0.25, 0.3) is 0 Å². The summed E-state index contributed by atoms with van der Waals surface area (Å²) < 4.78 is 18.5. The first kappa shape index (κ1) is 13.8. The molecule has 2 aromatic carbocycles. The average Bonchev–Trinajstić information content (AvgIpc) is 2.39. The van der Waals surface area contributed by atoms with Crippen molar-refractivity contribution < 1.29 is 9.13 Å². The molecular formula is C15H15ClFNO. The molecule has 100 valence electrons. The fourth-order valence-electron chi connectivity index (χ4n) is 1.96. The van der Waals surface area contributed by atoms with Gasteiger partial charge < -0.3 is 10.5 Å². The van der Waals surface area contributed by atoms with Crippen LogP contribution in [0.1, 0.15) is 18.1 Å². The van der Waals surface area contributed by atoms with Gasteiger partial charge in [0.1, 0.15) is 11.6 Å². The Kier molecular flexibility index (Phi) is 3.78. The molecule has 0 aliphatic heterocycles. The Morgan fingerprint density at radius 3 is 2.47 bits per heavy atom. The Labute approximate surface area is 117 Å². The lowest BCUT2D eigenvalue weighted by Crippen LogP contribution is -2.34. The van der Waals surface area contributed by atoms with Crippen LogP contribution in [0.15, 0.2) is 42.5 Å². The highest BCUT2D eigenvalue weighted by atomic mass is 35.5. The second-order valence-electron chi connectivity index (χ2n) is 4.56. The van der Waals surface area contributed by atoms with E-state index >= 15 is 0 Å². The minimum absolute atomic E-state index is 0.310. The summed E-state index contributed by atoms with van der Waals surface area (Å²) in [5, 5.41) is 0.515. The maximum atomic E-state index is 13.3. The second kappa shape index (κ2) is 5.19. The van der Waals surface area contributed by atoms with Crippen molar-refractivity contribution in [3.8, 4) is 5.75 Å². The highest BCUT2D eigenvalue weighted by Crippen LogP contribution is 2.32. The van der Waals surface area contributed by atoms with Crippen LogP contribution in [0.4, 0.5) is 4.39 Å². The molecule has 4 heteroatoms.